The topological polar surface area (TPSA) is 63.1 Å². The minimum atomic E-state index is -1.68. The van der Waals surface area contributed by atoms with Gasteiger partial charge in [-0.3, -0.25) is 9.59 Å². The summed E-state index contributed by atoms with van der Waals surface area (Å²) in [4.78, 5) is 24.2. The van der Waals surface area contributed by atoms with E-state index in [1.54, 1.807) is 22.9 Å². The highest BCUT2D eigenvalue weighted by atomic mass is 19.2. The lowest BCUT2D eigenvalue weighted by atomic mass is 10.2. The van der Waals surface area contributed by atoms with E-state index in [1.807, 2.05) is 30.3 Å². The number of carbonyl (C=O) groups is 2. The number of benzene rings is 2. The summed E-state index contributed by atoms with van der Waals surface area (Å²) >= 11 is 0. The van der Waals surface area contributed by atoms with Crippen molar-refractivity contribution in [3.05, 3.63) is 89.5 Å². The molecule has 144 valence electrons. The lowest BCUT2D eigenvalue weighted by Crippen LogP contribution is -2.34. The molecule has 3 aromatic rings. The number of aromatic nitrogens is 1. The van der Waals surface area contributed by atoms with Crippen LogP contribution in [-0.2, 0) is 11.3 Å². The molecule has 0 fully saturated rings. The van der Waals surface area contributed by atoms with Crippen LogP contribution in [0.2, 0.25) is 0 Å². The Kier molecular flexibility index (Phi) is 5.78. The summed E-state index contributed by atoms with van der Waals surface area (Å²) in [5.41, 5.74) is 0.834. The average molecular weight is 387 g/mol. The molecule has 1 aromatic heterocycles. The van der Waals surface area contributed by atoms with Crippen LogP contribution in [0.25, 0.3) is 0 Å². The highest BCUT2D eigenvalue weighted by Crippen LogP contribution is 2.19. The Hall–Kier alpha value is -3.55. The van der Waals surface area contributed by atoms with Crippen molar-refractivity contribution in [3.63, 3.8) is 0 Å². The first-order valence-corrected chi connectivity index (χ1v) is 8.36. The molecule has 0 aliphatic rings. The Morgan fingerprint density at radius 3 is 2.39 bits per heavy atom. The van der Waals surface area contributed by atoms with Crippen LogP contribution >= 0.6 is 0 Å². The van der Waals surface area contributed by atoms with E-state index >= 15 is 0 Å². The summed E-state index contributed by atoms with van der Waals surface area (Å²) in [6, 6.07) is 14.4. The van der Waals surface area contributed by atoms with Gasteiger partial charge in [0, 0.05) is 12.7 Å². The molecule has 0 saturated carbocycles. The van der Waals surface area contributed by atoms with Gasteiger partial charge in [-0.2, -0.15) is 0 Å². The minimum absolute atomic E-state index is 0.343. The van der Waals surface area contributed by atoms with Gasteiger partial charge in [-0.25, -0.2) is 13.2 Å². The fraction of sp³-hybridized carbons (Fsp3) is 0.100. The van der Waals surface area contributed by atoms with E-state index in [0.29, 0.717) is 18.3 Å². The molecular weight excluding hydrogens is 371 g/mol. The normalized spacial score (nSPS) is 10.5. The predicted octanol–water partition coefficient (Wildman–Crippen LogP) is 3.32. The fourth-order valence-electron chi connectivity index (χ4n) is 2.61. The van der Waals surface area contributed by atoms with E-state index in [4.69, 9.17) is 0 Å². The molecule has 28 heavy (non-hydrogen) atoms. The second kappa shape index (κ2) is 8.43. The van der Waals surface area contributed by atoms with Crippen LogP contribution in [0.4, 0.5) is 18.9 Å². The molecule has 3 rings (SSSR count). The predicted molar refractivity (Wildman–Crippen MR) is 97.3 cm³/mol. The van der Waals surface area contributed by atoms with Crippen LogP contribution in [0.5, 0.6) is 0 Å². The summed E-state index contributed by atoms with van der Waals surface area (Å²) < 4.78 is 41.4. The number of amides is 2. The molecule has 0 atom stereocenters. The molecular formula is C20H16F3N3O2. The Morgan fingerprint density at radius 1 is 0.893 bits per heavy atom. The monoisotopic (exact) mass is 387 g/mol. The zero-order valence-corrected chi connectivity index (χ0v) is 14.6. The number of nitrogens with one attached hydrogen (secondary N) is 2. The van der Waals surface area contributed by atoms with Crippen molar-refractivity contribution >= 4 is 17.5 Å². The molecule has 0 spiro atoms. The molecule has 0 aliphatic heterocycles. The molecule has 0 radical (unpaired) electrons. The molecule has 0 bridgehead atoms. The lowest BCUT2D eigenvalue weighted by molar-refractivity contribution is -0.115. The van der Waals surface area contributed by atoms with E-state index in [2.05, 4.69) is 10.6 Å². The molecule has 0 aliphatic carbocycles. The number of anilines is 1. The third-order valence-electron chi connectivity index (χ3n) is 3.98. The number of nitrogens with zero attached hydrogens (tertiary/aromatic N) is 1. The maximum atomic E-state index is 13.6. The third-order valence-corrected chi connectivity index (χ3v) is 3.98. The number of hydrogen-bond donors (Lipinski definition) is 2. The molecule has 2 N–H and O–H groups in total. The Balaban J connectivity index is 1.60. The van der Waals surface area contributed by atoms with Gasteiger partial charge in [0.1, 0.15) is 5.69 Å². The largest absolute Gasteiger partial charge is 0.342 e. The van der Waals surface area contributed by atoms with Crippen LogP contribution in [0.1, 0.15) is 16.1 Å². The molecule has 0 saturated heterocycles. The van der Waals surface area contributed by atoms with Gasteiger partial charge in [0.15, 0.2) is 17.5 Å². The Morgan fingerprint density at radius 2 is 1.64 bits per heavy atom. The average Bonchev–Trinajstić information content (AvgIpc) is 3.15. The van der Waals surface area contributed by atoms with Gasteiger partial charge in [-0.05, 0) is 29.8 Å². The quantitative estimate of drug-likeness (QED) is 0.638. The van der Waals surface area contributed by atoms with E-state index in [0.717, 1.165) is 11.6 Å². The zero-order valence-electron chi connectivity index (χ0n) is 14.6. The van der Waals surface area contributed by atoms with Gasteiger partial charge in [0.2, 0.25) is 5.91 Å². The Labute approximate surface area is 158 Å². The van der Waals surface area contributed by atoms with E-state index in [1.165, 1.54) is 0 Å². The molecule has 8 heteroatoms. The van der Waals surface area contributed by atoms with Crippen molar-refractivity contribution in [2.45, 2.75) is 6.54 Å². The molecule has 5 nitrogen and oxygen atoms in total. The standard InChI is InChI=1S/C20H16F3N3O2/c21-14-8-9-15(19(23)18(14)22)25-17(27)11-24-20(28)16-7-4-10-26(16)12-13-5-2-1-3-6-13/h1-10H,11-12H2,(H,24,28)(H,25,27). The number of rotatable bonds is 6. The third kappa shape index (κ3) is 4.40. The van der Waals surface area contributed by atoms with Gasteiger partial charge in [-0.15, -0.1) is 0 Å². The van der Waals surface area contributed by atoms with Crippen molar-refractivity contribution in [3.8, 4) is 0 Å². The van der Waals surface area contributed by atoms with E-state index in [9.17, 15) is 22.8 Å². The second-order valence-electron chi connectivity index (χ2n) is 5.96. The summed E-state index contributed by atoms with van der Waals surface area (Å²) in [5.74, 6) is -5.82. The van der Waals surface area contributed by atoms with Crippen molar-refractivity contribution in [2.24, 2.45) is 0 Å². The number of hydrogen-bond acceptors (Lipinski definition) is 2. The highest BCUT2D eigenvalue weighted by molar-refractivity contribution is 5.98. The van der Waals surface area contributed by atoms with Crippen LogP contribution in [0.15, 0.2) is 60.8 Å². The maximum absolute atomic E-state index is 13.6. The first kappa shape index (κ1) is 19.2. The van der Waals surface area contributed by atoms with Crippen molar-refractivity contribution in [2.75, 3.05) is 11.9 Å². The van der Waals surface area contributed by atoms with Gasteiger partial charge < -0.3 is 15.2 Å². The SMILES string of the molecule is O=C(CNC(=O)c1cccn1Cc1ccccc1)Nc1ccc(F)c(F)c1F. The molecule has 2 amide bonds. The highest BCUT2D eigenvalue weighted by Gasteiger charge is 2.16. The van der Waals surface area contributed by atoms with Gasteiger partial charge >= 0.3 is 0 Å². The van der Waals surface area contributed by atoms with Gasteiger partial charge in [-0.1, -0.05) is 30.3 Å². The van der Waals surface area contributed by atoms with Crippen LogP contribution < -0.4 is 10.6 Å². The minimum Gasteiger partial charge on any atom is -0.342 e. The van der Waals surface area contributed by atoms with Crippen molar-refractivity contribution in [1.82, 2.24) is 9.88 Å². The summed E-state index contributed by atoms with van der Waals surface area (Å²) in [6.07, 6.45) is 1.73. The molecule has 1 heterocycles. The molecule has 0 unspecified atom stereocenters. The fourth-order valence-corrected chi connectivity index (χ4v) is 2.61. The molecule has 2 aromatic carbocycles. The summed E-state index contributed by atoms with van der Waals surface area (Å²) in [5, 5.41) is 4.51. The van der Waals surface area contributed by atoms with Crippen LogP contribution in [0.3, 0.4) is 0 Å². The van der Waals surface area contributed by atoms with Crippen molar-refractivity contribution in [1.29, 1.82) is 0 Å². The van der Waals surface area contributed by atoms with Crippen LogP contribution in [0, 0.1) is 17.5 Å². The first-order valence-electron chi connectivity index (χ1n) is 8.36. The van der Waals surface area contributed by atoms with E-state index in [-0.39, 0.29) is 0 Å². The maximum Gasteiger partial charge on any atom is 0.268 e. The number of carbonyl (C=O) groups excluding carboxylic acids is 2. The van der Waals surface area contributed by atoms with Crippen molar-refractivity contribution < 1.29 is 22.8 Å². The Bertz CT molecular complexity index is 1000. The lowest BCUT2D eigenvalue weighted by Gasteiger charge is -2.11. The van der Waals surface area contributed by atoms with E-state index < -0.39 is 41.5 Å². The zero-order chi connectivity index (χ0) is 20.1. The first-order chi connectivity index (χ1) is 13.5. The second-order valence-corrected chi connectivity index (χ2v) is 5.96. The van der Waals surface area contributed by atoms with Crippen LogP contribution in [-0.4, -0.2) is 22.9 Å². The van der Waals surface area contributed by atoms with Gasteiger partial charge in [0.25, 0.3) is 5.91 Å². The smallest absolute Gasteiger partial charge is 0.268 e. The summed E-state index contributed by atoms with van der Waals surface area (Å²) in [7, 11) is 0. The summed E-state index contributed by atoms with van der Waals surface area (Å²) in [6.45, 7) is 0.0106. The number of halogens is 3. The van der Waals surface area contributed by atoms with Gasteiger partial charge in [0.05, 0.1) is 12.2 Å².